The van der Waals surface area contributed by atoms with Crippen LogP contribution in [-0.2, 0) is 0 Å². The number of nitrogens with zero attached hydrogens (tertiary/aromatic N) is 3. The number of hydrogen-bond donors (Lipinski definition) is 0. The Kier molecular flexibility index (Phi) is 3.88. The second kappa shape index (κ2) is 5.41. The largest absolute Gasteiger partial charge is 0.370 e. The van der Waals surface area contributed by atoms with Crippen molar-refractivity contribution in [1.29, 1.82) is 5.26 Å². The zero-order valence-electron chi connectivity index (χ0n) is 11.5. The van der Waals surface area contributed by atoms with Gasteiger partial charge in [0.25, 0.3) is 0 Å². The molecule has 1 fully saturated rings. The van der Waals surface area contributed by atoms with Crippen molar-refractivity contribution in [3.8, 4) is 6.07 Å². The maximum Gasteiger partial charge on any atom is 0.0866 e. The summed E-state index contributed by atoms with van der Waals surface area (Å²) < 4.78 is 0. The Balaban J connectivity index is 2.04. The summed E-state index contributed by atoms with van der Waals surface area (Å²) in [6.45, 7) is 6.94. The van der Waals surface area contributed by atoms with Gasteiger partial charge in [-0.2, -0.15) is 5.26 Å². The van der Waals surface area contributed by atoms with Gasteiger partial charge in [0.15, 0.2) is 0 Å². The molecule has 0 bridgehead atoms. The predicted molar refractivity (Wildman–Crippen MR) is 74.8 cm³/mol. The third-order valence-corrected chi connectivity index (χ3v) is 3.96. The van der Waals surface area contributed by atoms with Crippen molar-refractivity contribution in [2.24, 2.45) is 0 Å². The third kappa shape index (κ3) is 2.65. The number of aryl methyl sites for hydroxylation is 2. The molecule has 18 heavy (non-hydrogen) atoms. The molecular formula is C15H21N3. The number of nitriles is 1. The van der Waals surface area contributed by atoms with E-state index in [9.17, 15) is 0 Å². The van der Waals surface area contributed by atoms with Crippen LogP contribution in [0.25, 0.3) is 0 Å². The maximum absolute atomic E-state index is 8.74. The van der Waals surface area contributed by atoms with Gasteiger partial charge >= 0.3 is 0 Å². The molecule has 1 aliphatic heterocycles. The van der Waals surface area contributed by atoms with E-state index in [0.29, 0.717) is 12.6 Å². The predicted octanol–water partition coefficient (Wildman–Crippen LogP) is 2.34. The van der Waals surface area contributed by atoms with Crippen molar-refractivity contribution in [3.05, 3.63) is 29.3 Å². The molecule has 0 radical (unpaired) electrons. The molecule has 1 aromatic rings. The highest BCUT2D eigenvalue weighted by atomic mass is 15.2. The second-order valence-electron chi connectivity index (χ2n) is 5.23. The molecule has 3 nitrogen and oxygen atoms in total. The fourth-order valence-electron chi connectivity index (χ4n) is 2.50. The van der Waals surface area contributed by atoms with Crippen molar-refractivity contribution >= 4 is 5.69 Å². The molecule has 0 saturated carbocycles. The van der Waals surface area contributed by atoms with Crippen molar-refractivity contribution < 1.29 is 0 Å². The summed E-state index contributed by atoms with van der Waals surface area (Å²) in [7, 11) is 2.04. The van der Waals surface area contributed by atoms with Crippen LogP contribution >= 0.6 is 0 Å². The zero-order valence-corrected chi connectivity index (χ0v) is 11.5. The minimum Gasteiger partial charge on any atom is -0.370 e. The van der Waals surface area contributed by atoms with Gasteiger partial charge < -0.3 is 4.90 Å². The average molecular weight is 243 g/mol. The standard InChI is InChI=1S/C15H21N3/c1-12-4-5-14(10-13(12)2)18-8-6-15(11-18)17(3)9-7-16/h4-5,10,15H,6,8-9,11H2,1-3H3. The van der Waals surface area contributed by atoms with Crippen LogP contribution < -0.4 is 4.90 Å². The molecule has 1 heterocycles. The Morgan fingerprint density at radius 2 is 2.17 bits per heavy atom. The van der Waals surface area contributed by atoms with Crippen LogP contribution in [0.4, 0.5) is 5.69 Å². The van der Waals surface area contributed by atoms with E-state index in [1.165, 1.54) is 16.8 Å². The molecule has 1 saturated heterocycles. The highest BCUT2D eigenvalue weighted by Gasteiger charge is 2.25. The van der Waals surface area contributed by atoms with Crippen molar-refractivity contribution in [3.63, 3.8) is 0 Å². The lowest BCUT2D eigenvalue weighted by atomic mass is 10.1. The summed E-state index contributed by atoms with van der Waals surface area (Å²) in [4.78, 5) is 4.58. The lowest BCUT2D eigenvalue weighted by Gasteiger charge is -2.23. The third-order valence-electron chi connectivity index (χ3n) is 3.96. The molecule has 0 aliphatic carbocycles. The molecule has 1 aromatic carbocycles. The van der Waals surface area contributed by atoms with E-state index in [4.69, 9.17) is 5.26 Å². The van der Waals surface area contributed by atoms with E-state index in [1.807, 2.05) is 7.05 Å². The molecule has 1 unspecified atom stereocenters. The van der Waals surface area contributed by atoms with Gasteiger partial charge in [-0.1, -0.05) is 6.07 Å². The van der Waals surface area contributed by atoms with E-state index in [-0.39, 0.29) is 0 Å². The molecule has 0 N–H and O–H groups in total. The van der Waals surface area contributed by atoms with Crippen LogP contribution in [0, 0.1) is 25.2 Å². The van der Waals surface area contributed by atoms with Gasteiger partial charge in [-0.25, -0.2) is 0 Å². The lowest BCUT2D eigenvalue weighted by molar-refractivity contribution is 0.289. The zero-order chi connectivity index (χ0) is 13.1. The summed E-state index contributed by atoms with van der Waals surface area (Å²) in [5, 5.41) is 8.74. The van der Waals surface area contributed by atoms with Crippen LogP contribution in [-0.4, -0.2) is 37.6 Å². The fraction of sp³-hybridized carbons (Fsp3) is 0.533. The van der Waals surface area contributed by atoms with Crippen molar-refractivity contribution in [2.75, 3.05) is 31.6 Å². The van der Waals surface area contributed by atoms with Gasteiger partial charge in [0, 0.05) is 24.8 Å². The van der Waals surface area contributed by atoms with Crippen LogP contribution in [0.1, 0.15) is 17.5 Å². The van der Waals surface area contributed by atoms with Gasteiger partial charge in [-0.05, 0) is 50.6 Å². The SMILES string of the molecule is Cc1ccc(N2CCC(N(C)CC#N)C2)cc1C. The van der Waals surface area contributed by atoms with E-state index in [1.54, 1.807) is 0 Å². The van der Waals surface area contributed by atoms with Gasteiger partial charge in [-0.15, -0.1) is 0 Å². The normalized spacial score (nSPS) is 19.3. The molecule has 1 aliphatic rings. The number of rotatable bonds is 3. The van der Waals surface area contributed by atoms with Gasteiger partial charge in [-0.3, -0.25) is 4.90 Å². The molecule has 1 atom stereocenters. The van der Waals surface area contributed by atoms with Gasteiger partial charge in [0.2, 0.25) is 0 Å². The van der Waals surface area contributed by atoms with Crippen LogP contribution in [0.2, 0.25) is 0 Å². The van der Waals surface area contributed by atoms with E-state index >= 15 is 0 Å². The van der Waals surface area contributed by atoms with Crippen LogP contribution in [0.15, 0.2) is 18.2 Å². The monoisotopic (exact) mass is 243 g/mol. The summed E-state index contributed by atoms with van der Waals surface area (Å²) >= 11 is 0. The Hall–Kier alpha value is -1.53. The highest BCUT2D eigenvalue weighted by Crippen LogP contribution is 2.24. The smallest absolute Gasteiger partial charge is 0.0866 e. The number of hydrogen-bond acceptors (Lipinski definition) is 3. The number of benzene rings is 1. The second-order valence-corrected chi connectivity index (χ2v) is 5.23. The first-order valence-corrected chi connectivity index (χ1v) is 6.51. The fourth-order valence-corrected chi connectivity index (χ4v) is 2.50. The Labute approximate surface area is 110 Å². The van der Waals surface area contributed by atoms with E-state index < -0.39 is 0 Å². The van der Waals surface area contributed by atoms with E-state index in [2.05, 4.69) is 47.9 Å². The molecular weight excluding hydrogens is 222 g/mol. The van der Waals surface area contributed by atoms with Gasteiger partial charge in [0.1, 0.15) is 0 Å². The maximum atomic E-state index is 8.74. The minimum atomic E-state index is 0.506. The van der Waals surface area contributed by atoms with Crippen LogP contribution in [0.3, 0.4) is 0 Å². The Morgan fingerprint density at radius 3 is 2.83 bits per heavy atom. The molecule has 3 heteroatoms. The molecule has 0 aromatic heterocycles. The first kappa shape index (κ1) is 12.9. The first-order chi connectivity index (χ1) is 8.61. The molecule has 0 amide bonds. The van der Waals surface area contributed by atoms with Crippen LogP contribution in [0.5, 0.6) is 0 Å². The summed E-state index contributed by atoms with van der Waals surface area (Å²) in [5.74, 6) is 0. The summed E-state index contributed by atoms with van der Waals surface area (Å²) in [6.07, 6.45) is 1.14. The minimum absolute atomic E-state index is 0.506. The summed E-state index contributed by atoms with van der Waals surface area (Å²) in [6, 6.07) is 9.39. The average Bonchev–Trinajstić information content (AvgIpc) is 2.82. The van der Waals surface area contributed by atoms with Gasteiger partial charge in [0.05, 0.1) is 12.6 Å². The molecule has 96 valence electrons. The van der Waals surface area contributed by atoms with Crippen molar-refractivity contribution in [1.82, 2.24) is 4.90 Å². The molecule has 2 rings (SSSR count). The quantitative estimate of drug-likeness (QED) is 0.763. The Bertz CT molecular complexity index is 461. The van der Waals surface area contributed by atoms with E-state index in [0.717, 1.165) is 19.5 Å². The number of anilines is 1. The summed E-state index contributed by atoms with van der Waals surface area (Å²) in [5.41, 5.74) is 4.00. The Morgan fingerprint density at radius 1 is 1.39 bits per heavy atom. The molecule has 0 spiro atoms. The lowest BCUT2D eigenvalue weighted by Crippen LogP contribution is -2.34. The highest BCUT2D eigenvalue weighted by molar-refractivity contribution is 5.51. The van der Waals surface area contributed by atoms with Crippen molar-refractivity contribution in [2.45, 2.75) is 26.3 Å². The topological polar surface area (TPSA) is 30.3 Å². The number of likely N-dealkylation sites (N-methyl/N-ethyl adjacent to an activating group) is 1. The first-order valence-electron chi connectivity index (χ1n) is 6.51.